The van der Waals surface area contributed by atoms with Crippen molar-refractivity contribution in [3.8, 4) is 17.2 Å². The van der Waals surface area contributed by atoms with E-state index in [4.69, 9.17) is 9.47 Å². The van der Waals surface area contributed by atoms with Gasteiger partial charge in [-0.3, -0.25) is 4.79 Å². The fourth-order valence-electron chi connectivity index (χ4n) is 2.60. The number of carbonyl (C=O) groups is 1. The van der Waals surface area contributed by atoms with E-state index >= 15 is 0 Å². The number of nitrogens with one attached hydrogen (secondary N) is 1. The molecule has 0 aliphatic carbocycles. The van der Waals surface area contributed by atoms with E-state index in [9.17, 15) is 13.2 Å². The van der Waals surface area contributed by atoms with E-state index in [0.717, 1.165) is 21.4 Å². The highest BCUT2D eigenvalue weighted by molar-refractivity contribution is 7.91. The molecule has 1 aromatic heterocycles. The second kappa shape index (κ2) is 9.75. The molecule has 0 saturated carbocycles. The summed E-state index contributed by atoms with van der Waals surface area (Å²) in [6, 6.07) is 17.2. The van der Waals surface area contributed by atoms with Crippen LogP contribution in [0, 0.1) is 0 Å². The largest absolute Gasteiger partial charge is 0.494 e. The molecule has 1 heterocycles. The molecular weight excluding hydrogens is 424 g/mol. The molecular formula is C21H22N2O5S2. The number of carbonyl (C=O) groups excluding carboxylic acids is 1. The molecule has 0 atom stereocenters. The quantitative estimate of drug-likeness (QED) is 0.533. The van der Waals surface area contributed by atoms with Crippen LogP contribution in [0.3, 0.4) is 0 Å². The standard InChI is InChI=1S/C21H22N2O5S2/c1-3-27-16-10-12-17(13-11-16)28-19-8-5-4-7-18(19)22-20(24)15-23(2)30(25,26)21-9-6-14-29-21/h4-14H,3,15H2,1-2H3,(H,22,24). The number of amides is 1. The van der Waals surface area contributed by atoms with Crippen molar-refractivity contribution < 1.29 is 22.7 Å². The Morgan fingerprint density at radius 3 is 2.40 bits per heavy atom. The van der Waals surface area contributed by atoms with Gasteiger partial charge >= 0.3 is 0 Å². The van der Waals surface area contributed by atoms with Gasteiger partial charge in [-0.2, -0.15) is 4.31 Å². The summed E-state index contributed by atoms with van der Waals surface area (Å²) in [6.07, 6.45) is 0. The van der Waals surface area contributed by atoms with Crippen molar-refractivity contribution in [1.82, 2.24) is 4.31 Å². The molecule has 0 spiro atoms. The van der Waals surface area contributed by atoms with Crippen molar-refractivity contribution in [3.63, 3.8) is 0 Å². The highest BCUT2D eigenvalue weighted by Gasteiger charge is 2.24. The third kappa shape index (κ3) is 5.38. The van der Waals surface area contributed by atoms with Gasteiger partial charge in [0.15, 0.2) is 5.75 Å². The Hall–Kier alpha value is -2.88. The zero-order valence-corrected chi connectivity index (χ0v) is 18.2. The van der Waals surface area contributed by atoms with Crippen LogP contribution in [-0.4, -0.2) is 38.8 Å². The maximum absolute atomic E-state index is 12.5. The van der Waals surface area contributed by atoms with Crippen LogP contribution >= 0.6 is 11.3 Å². The monoisotopic (exact) mass is 446 g/mol. The lowest BCUT2D eigenvalue weighted by Crippen LogP contribution is -2.34. The average Bonchev–Trinajstić information content (AvgIpc) is 3.27. The Morgan fingerprint density at radius 1 is 1.03 bits per heavy atom. The Morgan fingerprint density at radius 2 is 1.73 bits per heavy atom. The van der Waals surface area contributed by atoms with Crippen molar-refractivity contribution in [3.05, 3.63) is 66.0 Å². The Labute approximate surface area is 179 Å². The number of likely N-dealkylation sites (N-methyl/N-ethyl adjacent to an activating group) is 1. The summed E-state index contributed by atoms with van der Waals surface area (Å²) in [6.45, 7) is 2.16. The van der Waals surface area contributed by atoms with E-state index in [0.29, 0.717) is 23.8 Å². The highest BCUT2D eigenvalue weighted by Crippen LogP contribution is 2.30. The minimum Gasteiger partial charge on any atom is -0.494 e. The van der Waals surface area contributed by atoms with Crippen molar-refractivity contribution in [2.24, 2.45) is 0 Å². The van der Waals surface area contributed by atoms with Gasteiger partial charge in [-0.25, -0.2) is 8.42 Å². The average molecular weight is 447 g/mol. The molecule has 1 N–H and O–H groups in total. The summed E-state index contributed by atoms with van der Waals surface area (Å²) in [5.74, 6) is 1.29. The van der Waals surface area contributed by atoms with Crippen molar-refractivity contribution >= 4 is 33.0 Å². The van der Waals surface area contributed by atoms with Gasteiger partial charge in [-0.15, -0.1) is 11.3 Å². The highest BCUT2D eigenvalue weighted by atomic mass is 32.2. The number of thiophene rings is 1. The van der Waals surface area contributed by atoms with Crippen LogP contribution in [0.25, 0.3) is 0 Å². The van der Waals surface area contributed by atoms with E-state index in [1.165, 1.54) is 13.1 Å². The molecule has 2 aromatic carbocycles. The molecule has 0 bridgehead atoms. The number of ether oxygens (including phenoxy) is 2. The van der Waals surface area contributed by atoms with Gasteiger partial charge in [0.25, 0.3) is 10.0 Å². The van der Waals surface area contributed by atoms with Gasteiger partial charge in [0.2, 0.25) is 5.91 Å². The van der Waals surface area contributed by atoms with Gasteiger partial charge < -0.3 is 14.8 Å². The minimum atomic E-state index is -3.70. The molecule has 30 heavy (non-hydrogen) atoms. The van der Waals surface area contributed by atoms with Gasteiger partial charge in [0.1, 0.15) is 15.7 Å². The first kappa shape index (κ1) is 21.8. The number of rotatable bonds is 9. The molecule has 0 fully saturated rings. The number of benzene rings is 2. The number of sulfonamides is 1. The van der Waals surface area contributed by atoms with Crippen LogP contribution in [0.1, 0.15) is 6.92 Å². The fourth-order valence-corrected chi connectivity index (χ4v) is 4.93. The second-order valence-corrected chi connectivity index (χ2v) is 9.46. The van der Waals surface area contributed by atoms with Crippen LogP contribution in [0.15, 0.2) is 70.3 Å². The lowest BCUT2D eigenvalue weighted by molar-refractivity contribution is -0.116. The van der Waals surface area contributed by atoms with Crippen LogP contribution < -0.4 is 14.8 Å². The predicted molar refractivity (Wildman–Crippen MR) is 117 cm³/mol. The topological polar surface area (TPSA) is 84.9 Å². The summed E-state index contributed by atoms with van der Waals surface area (Å²) in [4.78, 5) is 12.5. The predicted octanol–water partition coefficient (Wildman–Crippen LogP) is 4.20. The molecule has 0 aliphatic rings. The minimum absolute atomic E-state index is 0.192. The number of nitrogens with zero attached hydrogens (tertiary/aromatic N) is 1. The van der Waals surface area contributed by atoms with Gasteiger partial charge in [-0.05, 0) is 54.8 Å². The Kier molecular flexibility index (Phi) is 7.09. The number of para-hydroxylation sites is 2. The molecule has 7 nitrogen and oxygen atoms in total. The fraction of sp³-hybridized carbons (Fsp3) is 0.190. The SMILES string of the molecule is CCOc1ccc(Oc2ccccc2NC(=O)CN(C)S(=O)(=O)c2cccs2)cc1. The van der Waals surface area contributed by atoms with Crippen molar-refractivity contribution in [1.29, 1.82) is 0 Å². The maximum atomic E-state index is 12.5. The van der Waals surface area contributed by atoms with Crippen LogP contribution in [0.4, 0.5) is 5.69 Å². The van der Waals surface area contributed by atoms with Crippen molar-refractivity contribution in [2.75, 3.05) is 25.5 Å². The summed E-state index contributed by atoms with van der Waals surface area (Å²) in [5, 5.41) is 4.40. The first-order chi connectivity index (χ1) is 14.4. The maximum Gasteiger partial charge on any atom is 0.252 e. The number of hydrogen-bond acceptors (Lipinski definition) is 6. The second-order valence-electron chi connectivity index (χ2n) is 6.24. The lowest BCUT2D eigenvalue weighted by atomic mass is 10.2. The molecule has 3 aromatic rings. The van der Waals surface area contributed by atoms with Crippen LogP contribution in [-0.2, 0) is 14.8 Å². The zero-order valence-electron chi connectivity index (χ0n) is 16.6. The summed E-state index contributed by atoms with van der Waals surface area (Å²) in [7, 11) is -2.33. The van der Waals surface area contributed by atoms with E-state index < -0.39 is 15.9 Å². The van der Waals surface area contributed by atoms with Crippen LogP contribution in [0.2, 0.25) is 0 Å². The third-order valence-corrected chi connectivity index (χ3v) is 7.23. The first-order valence-corrected chi connectivity index (χ1v) is 11.5. The molecule has 9 heteroatoms. The van der Waals surface area contributed by atoms with E-state index in [1.807, 2.05) is 6.92 Å². The molecule has 0 unspecified atom stereocenters. The van der Waals surface area contributed by atoms with Crippen LogP contribution in [0.5, 0.6) is 17.2 Å². The van der Waals surface area contributed by atoms with Crippen molar-refractivity contribution in [2.45, 2.75) is 11.1 Å². The number of hydrogen-bond donors (Lipinski definition) is 1. The lowest BCUT2D eigenvalue weighted by Gasteiger charge is -2.17. The summed E-state index contributed by atoms with van der Waals surface area (Å²) < 4.78 is 37.5. The zero-order chi connectivity index (χ0) is 21.6. The smallest absolute Gasteiger partial charge is 0.252 e. The molecule has 0 radical (unpaired) electrons. The molecule has 3 rings (SSSR count). The normalized spacial score (nSPS) is 11.3. The summed E-state index contributed by atoms with van der Waals surface area (Å²) >= 11 is 1.11. The first-order valence-electron chi connectivity index (χ1n) is 9.19. The molecule has 1 amide bonds. The molecule has 0 aliphatic heterocycles. The number of anilines is 1. The van der Waals surface area contributed by atoms with E-state index in [1.54, 1.807) is 60.0 Å². The Bertz CT molecular complexity index is 1080. The Balaban J connectivity index is 1.67. The van der Waals surface area contributed by atoms with E-state index in [-0.39, 0.29) is 10.8 Å². The molecule has 158 valence electrons. The third-order valence-electron chi connectivity index (χ3n) is 4.05. The van der Waals surface area contributed by atoms with Gasteiger partial charge in [-0.1, -0.05) is 18.2 Å². The van der Waals surface area contributed by atoms with Gasteiger partial charge in [0.05, 0.1) is 18.8 Å². The summed E-state index contributed by atoms with van der Waals surface area (Å²) in [5.41, 5.74) is 0.443. The molecule has 0 saturated heterocycles. The van der Waals surface area contributed by atoms with E-state index in [2.05, 4.69) is 5.32 Å². The van der Waals surface area contributed by atoms with Gasteiger partial charge in [0, 0.05) is 7.05 Å².